The summed E-state index contributed by atoms with van der Waals surface area (Å²) in [5.74, 6) is -0.579. The van der Waals surface area contributed by atoms with Crippen molar-refractivity contribution < 1.29 is 25.2 Å². The Balaban J connectivity index is 3.60. The van der Waals surface area contributed by atoms with Crippen molar-refractivity contribution in [1.29, 1.82) is 0 Å². The van der Waals surface area contributed by atoms with Gasteiger partial charge in [0.2, 0.25) is 5.91 Å². The van der Waals surface area contributed by atoms with Gasteiger partial charge in [-0.2, -0.15) is 0 Å². The van der Waals surface area contributed by atoms with Gasteiger partial charge in [-0.05, 0) is 38.5 Å². The molecule has 370 valence electrons. The molecule has 5 N–H and O–H groups in total. The van der Waals surface area contributed by atoms with Gasteiger partial charge in [0.1, 0.15) is 12.2 Å². The van der Waals surface area contributed by atoms with Gasteiger partial charge < -0.3 is 25.7 Å². The summed E-state index contributed by atoms with van der Waals surface area (Å²) in [6, 6.07) is -0.983. The Morgan fingerprint density at radius 1 is 0.387 bits per heavy atom. The van der Waals surface area contributed by atoms with Crippen LogP contribution in [-0.4, -0.2) is 57.3 Å². The number of aliphatic hydroxyl groups is 4. The molecule has 0 aromatic rings. The molecule has 0 fully saturated rings. The molecular formula is C56H111NO5. The van der Waals surface area contributed by atoms with Crippen molar-refractivity contribution in [3.8, 4) is 0 Å². The predicted octanol–water partition coefficient (Wildman–Crippen LogP) is 16.1. The number of carbonyl (C=O) groups excluding carboxylic acids is 1. The number of unbranched alkanes of at least 4 members (excludes halogenated alkanes) is 41. The van der Waals surface area contributed by atoms with Crippen LogP contribution in [0.2, 0.25) is 0 Å². The Hall–Kier alpha value is -0.950. The average molecular weight is 879 g/mol. The van der Waals surface area contributed by atoms with Crippen LogP contribution in [0.15, 0.2) is 12.2 Å². The Morgan fingerprint density at radius 2 is 0.645 bits per heavy atom. The highest BCUT2D eigenvalue weighted by Gasteiger charge is 2.28. The standard InChI is InChI=1S/C56H111NO5/c1-3-5-7-9-11-13-15-17-19-21-23-24-25-26-27-28-29-30-32-34-36-38-40-42-44-46-48-50-54(60)56(62)57-52(51-58)55(61)53(59)49-47-45-43-41-39-37-35-33-31-22-20-18-16-14-12-10-8-6-4-2/h26-27,52-55,58-61H,3-25,28-51H2,1-2H3,(H,57,62)/b27-26-. The lowest BCUT2D eigenvalue weighted by atomic mass is 9.99. The summed E-state index contributed by atoms with van der Waals surface area (Å²) in [5.41, 5.74) is 0. The summed E-state index contributed by atoms with van der Waals surface area (Å²) < 4.78 is 0. The maximum Gasteiger partial charge on any atom is 0.249 e. The highest BCUT2D eigenvalue weighted by molar-refractivity contribution is 5.80. The first-order chi connectivity index (χ1) is 30.5. The van der Waals surface area contributed by atoms with Crippen molar-refractivity contribution in [1.82, 2.24) is 5.32 Å². The van der Waals surface area contributed by atoms with E-state index in [0.717, 1.165) is 38.5 Å². The van der Waals surface area contributed by atoms with Crippen molar-refractivity contribution in [2.24, 2.45) is 0 Å². The molecule has 6 heteroatoms. The second kappa shape index (κ2) is 51.0. The lowest BCUT2D eigenvalue weighted by molar-refractivity contribution is -0.132. The maximum atomic E-state index is 12.6. The normalized spacial score (nSPS) is 13.8. The van der Waals surface area contributed by atoms with E-state index in [9.17, 15) is 25.2 Å². The number of aliphatic hydroxyl groups excluding tert-OH is 4. The number of amides is 1. The molecule has 0 saturated heterocycles. The fourth-order valence-electron chi connectivity index (χ4n) is 9.05. The number of carbonyl (C=O) groups is 1. The Morgan fingerprint density at radius 3 is 0.935 bits per heavy atom. The second-order valence-electron chi connectivity index (χ2n) is 19.6. The van der Waals surface area contributed by atoms with Crippen LogP contribution in [0, 0.1) is 0 Å². The van der Waals surface area contributed by atoms with Gasteiger partial charge in [-0.15, -0.1) is 0 Å². The summed E-state index contributed by atoms with van der Waals surface area (Å²) in [6.07, 6.45) is 59.9. The van der Waals surface area contributed by atoms with E-state index < -0.39 is 36.9 Å². The number of nitrogens with one attached hydrogen (secondary N) is 1. The van der Waals surface area contributed by atoms with Crippen LogP contribution in [0.1, 0.15) is 309 Å². The van der Waals surface area contributed by atoms with E-state index in [4.69, 9.17) is 0 Å². The summed E-state index contributed by atoms with van der Waals surface area (Å²) in [5, 5.41) is 44.0. The van der Waals surface area contributed by atoms with E-state index >= 15 is 0 Å². The van der Waals surface area contributed by atoms with Crippen LogP contribution in [0.5, 0.6) is 0 Å². The zero-order valence-corrected chi connectivity index (χ0v) is 41.9. The van der Waals surface area contributed by atoms with E-state index in [0.29, 0.717) is 12.8 Å². The van der Waals surface area contributed by atoms with Crippen LogP contribution in [-0.2, 0) is 4.79 Å². The van der Waals surface area contributed by atoms with E-state index in [2.05, 4.69) is 31.3 Å². The molecular weight excluding hydrogens is 767 g/mol. The highest BCUT2D eigenvalue weighted by Crippen LogP contribution is 2.18. The molecule has 1 amide bonds. The Bertz CT molecular complexity index is 898. The number of hydrogen-bond donors (Lipinski definition) is 5. The van der Waals surface area contributed by atoms with Gasteiger partial charge in [-0.3, -0.25) is 4.79 Å². The van der Waals surface area contributed by atoms with Gasteiger partial charge in [-0.25, -0.2) is 0 Å². The summed E-state index contributed by atoms with van der Waals surface area (Å²) in [7, 11) is 0. The minimum atomic E-state index is -1.26. The van der Waals surface area contributed by atoms with Crippen molar-refractivity contribution in [3.63, 3.8) is 0 Å². The van der Waals surface area contributed by atoms with Crippen molar-refractivity contribution in [3.05, 3.63) is 12.2 Å². The highest BCUT2D eigenvalue weighted by atomic mass is 16.3. The third-order valence-corrected chi connectivity index (χ3v) is 13.5. The van der Waals surface area contributed by atoms with Gasteiger partial charge in [0, 0.05) is 0 Å². The van der Waals surface area contributed by atoms with Crippen LogP contribution in [0.25, 0.3) is 0 Å². The van der Waals surface area contributed by atoms with Crippen molar-refractivity contribution in [2.45, 2.75) is 334 Å². The quantitative estimate of drug-likeness (QED) is 0.0309. The van der Waals surface area contributed by atoms with Crippen LogP contribution in [0.3, 0.4) is 0 Å². The number of hydrogen-bond acceptors (Lipinski definition) is 5. The SMILES string of the molecule is CCCCCCCCCCCCCC/C=C\CCCCCCCCCCCCCC(O)C(=O)NC(CO)C(O)C(O)CCCCCCCCCCCCCCCCCCCCC. The topological polar surface area (TPSA) is 110 Å². The zero-order chi connectivity index (χ0) is 45.2. The molecule has 4 atom stereocenters. The van der Waals surface area contributed by atoms with E-state index in [1.165, 1.54) is 244 Å². The average Bonchev–Trinajstić information content (AvgIpc) is 3.28. The van der Waals surface area contributed by atoms with Crippen molar-refractivity contribution in [2.75, 3.05) is 6.61 Å². The number of allylic oxidation sites excluding steroid dienone is 2. The molecule has 0 aromatic carbocycles. The monoisotopic (exact) mass is 878 g/mol. The maximum absolute atomic E-state index is 12.6. The molecule has 0 aliphatic rings. The molecule has 0 aromatic heterocycles. The number of rotatable bonds is 52. The van der Waals surface area contributed by atoms with Gasteiger partial charge >= 0.3 is 0 Å². The Kier molecular flexibility index (Phi) is 50.3. The summed E-state index contributed by atoms with van der Waals surface area (Å²) >= 11 is 0. The molecule has 0 bridgehead atoms. The summed E-state index contributed by atoms with van der Waals surface area (Å²) in [6.45, 7) is 4.09. The van der Waals surface area contributed by atoms with Crippen LogP contribution >= 0.6 is 0 Å². The molecule has 4 unspecified atom stereocenters. The van der Waals surface area contributed by atoms with Gasteiger partial charge in [-0.1, -0.05) is 283 Å². The van der Waals surface area contributed by atoms with E-state index in [1.54, 1.807) is 0 Å². The minimum absolute atomic E-state index is 0.372. The third kappa shape index (κ3) is 44.3. The smallest absolute Gasteiger partial charge is 0.249 e. The fraction of sp³-hybridized carbons (Fsp3) is 0.946. The van der Waals surface area contributed by atoms with Gasteiger partial charge in [0.15, 0.2) is 0 Å². The molecule has 0 spiro atoms. The van der Waals surface area contributed by atoms with Crippen LogP contribution < -0.4 is 5.32 Å². The first kappa shape index (κ1) is 61.0. The first-order valence-electron chi connectivity index (χ1n) is 28.1. The molecule has 0 aliphatic carbocycles. The molecule has 0 radical (unpaired) electrons. The fourth-order valence-corrected chi connectivity index (χ4v) is 9.05. The lowest BCUT2D eigenvalue weighted by Crippen LogP contribution is -2.53. The largest absolute Gasteiger partial charge is 0.394 e. The molecule has 0 aliphatic heterocycles. The molecule has 0 rings (SSSR count). The van der Waals surface area contributed by atoms with E-state index in [1.807, 2.05) is 0 Å². The minimum Gasteiger partial charge on any atom is -0.394 e. The predicted molar refractivity (Wildman–Crippen MR) is 270 cm³/mol. The van der Waals surface area contributed by atoms with Crippen LogP contribution in [0.4, 0.5) is 0 Å². The van der Waals surface area contributed by atoms with Gasteiger partial charge in [0.05, 0.1) is 18.8 Å². The molecule has 0 saturated carbocycles. The van der Waals surface area contributed by atoms with E-state index in [-0.39, 0.29) is 0 Å². The first-order valence-corrected chi connectivity index (χ1v) is 28.1. The Labute approximate surface area is 387 Å². The molecule has 62 heavy (non-hydrogen) atoms. The zero-order valence-electron chi connectivity index (χ0n) is 41.9. The van der Waals surface area contributed by atoms with Gasteiger partial charge in [0.25, 0.3) is 0 Å². The van der Waals surface area contributed by atoms with Crippen molar-refractivity contribution >= 4 is 5.91 Å². The third-order valence-electron chi connectivity index (χ3n) is 13.5. The molecule has 0 heterocycles. The lowest BCUT2D eigenvalue weighted by Gasteiger charge is -2.27. The molecule has 6 nitrogen and oxygen atoms in total. The second-order valence-corrected chi connectivity index (χ2v) is 19.6. The summed E-state index contributed by atoms with van der Waals surface area (Å²) in [4.78, 5) is 12.6.